The van der Waals surface area contributed by atoms with E-state index in [4.69, 9.17) is 4.74 Å². The topological polar surface area (TPSA) is 102 Å². The molecule has 186 valence electrons. The molecule has 0 aliphatic carbocycles. The van der Waals surface area contributed by atoms with E-state index in [1.807, 2.05) is 53.6 Å². The highest BCUT2D eigenvalue weighted by Gasteiger charge is 2.29. The molecule has 0 saturated carbocycles. The molecule has 0 unspecified atom stereocenters. The van der Waals surface area contributed by atoms with Crippen LogP contribution < -0.4 is 10.9 Å². The van der Waals surface area contributed by atoms with Gasteiger partial charge in [0.25, 0.3) is 11.5 Å². The number of hydrogen-bond acceptors (Lipinski definition) is 6. The van der Waals surface area contributed by atoms with Crippen LogP contribution in [-0.4, -0.2) is 88.4 Å². The normalized spacial score (nSPS) is 14.6. The minimum absolute atomic E-state index is 0.0156. The van der Waals surface area contributed by atoms with Crippen molar-refractivity contribution in [2.45, 2.75) is 26.4 Å². The third-order valence-electron chi connectivity index (χ3n) is 5.98. The SMILES string of the molecule is COCCn1cc(C(=O)N2CCN(CC(=O)NC(C)C)CC2)c2nn(-c3ccccc3)c(=O)c-2c1. The molecule has 1 saturated heterocycles. The number of ether oxygens (including phenoxy) is 1. The fraction of sp³-hybridized carbons (Fsp3) is 0.440. The summed E-state index contributed by atoms with van der Waals surface area (Å²) in [6.45, 7) is 7.31. The first-order valence-electron chi connectivity index (χ1n) is 11.9. The van der Waals surface area contributed by atoms with Gasteiger partial charge in [0.05, 0.1) is 30.0 Å². The third kappa shape index (κ3) is 5.60. The van der Waals surface area contributed by atoms with Crippen LogP contribution in [0.3, 0.4) is 0 Å². The molecule has 10 heteroatoms. The number of nitrogens with one attached hydrogen (secondary N) is 1. The predicted octanol–water partition coefficient (Wildman–Crippen LogP) is 1.07. The van der Waals surface area contributed by atoms with Crippen LogP contribution in [-0.2, 0) is 16.1 Å². The van der Waals surface area contributed by atoms with Crippen LogP contribution in [0.1, 0.15) is 24.2 Å². The smallest absolute Gasteiger partial charge is 0.282 e. The molecular formula is C25H32N6O4. The second-order valence-corrected chi connectivity index (χ2v) is 9.01. The van der Waals surface area contributed by atoms with Gasteiger partial charge in [-0.3, -0.25) is 19.3 Å². The molecule has 4 rings (SSSR count). The third-order valence-corrected chi connectivity index (χ3v) is 5.98. The van der Waals surface area contributed by atoms with Crippen molar-refractivity contribution in [2.75, 3.05) is 46.4 Å². The highest BCUT2D eigenvalue weighted by atomic mass is 16.5. The number of hydrogen-bond donors (Lipinski definition) is 1. The molecule has 3 aliphatic rings. The summed E-state index contributed by atoms with van der Waals surface area (Å²) in [4.78, 5) is 42.7. The first-order chi connectivity index (χ1) is 16.9. The quantitative estimate of drug-likeness (QED) is 0.518. The number of carbonyl (C=O) groups excluding carboxylic acids is 2. The van der Waals surface area contributed by atoms with E-state index >= 15 is 0 Å². The highest BCUT2D eigenvalue weighted by Crippen LogP contribution is 2.24. The molecule has 35 heavy (non-hydrogen) atoms. The van der Waals surface area contributed by atoms with Crippen molar-refractivity contribution >= 4 is 11.8 Å². The zero-order valence-corrected chi connectivity index (χ0v) is 20.4. The number of amides is 2. The van der Waals surface area contributed by atoms with Crippen molar-refractivity contribution in [3.05, 3.63) is 58.6 Å². The van der Waals surface area contributed by atoms with Gasteiger partial charge < -0.3 is 19.5 Å². The molecule has 1 aromatic carbocycles. The molecule has 0 bridgehead atoms. The number of piperazine rings is 1. The summed E-state index contributed by atoms with van der Waals surface area (Å²) in [5, 5.41) is 7.45. The van der Waals surface area contributed by atoms with E-state index in [1.54, 1.807) is 24.4 Å². The fourth-order valence-corrected chi connectivity index (χ4v) is 4.24. The Morgan fingerprint density at radius 1 is 1.09 bits per heavy atom. The van der Waals surface area contributed by atoms with E-state index in [-0.39, 0.29) is 23.4 Å². The maximum absolute atomic E-state index is 13.6. The van der Waals surface area contributed by atoms with Gasteiger partial charge >= 0.3 is 0 Å². The summed E-state index contributed by atoms with van der Waals surface area (Å²) in [6.07, 6.45) is 3.47. The zero-order valence-electron chi connectivity index (χ0n) is 20.4. The van der Waals surface area contributed by atoms with Crippen LogP contribution in [0.4, 0.5) is 0 Å². The van der Waals surface area contributed by atoms with Gasteiger partial charge in [0.2, 0.25) is 5.91 Å². The van der Waals surface area contributed by atoms with Crippen molar-refractivity contribution in [1.29, 1.82) is 0 Å². The van der Waals surface area contributed by atoms with Crippen molar-refractivity contribution in [3.8, 4) is 16.9 Å². The second-order valence-electron chi connectivity index (χ2n) is 9.01. The fourth-order valence-electron chi connectivity index (χ4n) is 4.24. The maximum Gasteiger partial charge on any atom is 0.282 e. The van der Waals surface area contributed by atoms with Crippen LogP contribution >= 0.6 is 0 Å². The Bertz CT molecular complexity index is 1190. The van der Waals surface area contributed by atoms with E-state index in [1.165, 1.54) is 4.68 Å². The van der Waals surface area contributed by atoms with Gasteiger partial charge in [-0.1, -0.05) is 18.2 Å². The standard InChI is InChI=1S/C25H32N6O4/c1-18(2)26-22(32)17-28-9-11-30(12-10-28)24(33)20-15-29(13-14-35-3)16-21-23(20)27-31(25(21)34)19-7-5-4-6-8-19/h4-8,15-16,18H,9-14,17H2,1-3H3,(H,26,32). The highest BCUT2D eigenvalue weighted by molar-refractivity contribution is 6.00. The second kappa shape index (κ2) is 10.8. The summed E-state index contributed by atoms with van der Waals surface area (Å²) >= 11 is 0. The summed E-state index contributed by atoms with van der Waals surface area (Å²) < 4.78 is 8.34. The summed E-state index contributed by atoms with van der Waals surface area (Å²) in [6, 6.07) is 9.26. The molecule has 0 atom stereocenters. The summed E-state index contributed by atoms with van der Waals surface area (Å²) in [7, 11) is 1.61. The van der Waals surface area contributed by atoms with Crippen LogP contribution in [0.2, 0.25) is 0 Å². The van der Waals surface area contributed by atoms with Gasteiger partial charge in [0.15, 0.2) is 0 Å². The molecule has 3 heterocycles. The molecule has 3 aliphatic heterocycles. The van der Waals surface area contributed by atoms with E-state index in [0.717, 1.165) is 0 Å². The van der Waals surface area contributed by atoms with Crippen molar-refractivity contribution in [2.24, 2.45) is 0 Å². The molecule has 10 nitrogen and oxygen atoms in total. The number of fused-ring (bicyclic) bond motifs is 1. The van der Waals surface area contributed by atoms with Gasteiger partial charge in [-0.25, -0.2) is 0 Å². The lowest BCUT2D eigenvalue weighted by molar-refractivity contribution is -0.123. The monoisotopic (exact) mass is 480 g/mol. The number of rotatable bonds is 8. The Kier molecular flexibility index (Phi) is 7.62. The van der Waals surface area contributed by atoms with Crippen LogP contribution in [0.5, 0.6) is 0 Å². The number of nitrogens with zero attached hydrogens (tertiary/aromatic N) is 5. The van der Waals surface area contributed by atoms with Crippen LogP contribution in [0.25, 0.3) is 16.9 Å². The lowest BCUT2D eigenvalue weighted by Crippen LogP contribution is -2.51. The maximum atomic E-state index is 13.6. The van der Waals surface area contributed by atoms with Gasteiger partial charge in [-0.2, -0.15) is 9.78 Å². The van der Waals surface area contributed by atoms with E-state index in [0.29, 0.717) is 68.4 Å². The lowest BCUT2D eigenvalue weighted by atomic mass is 10.1. The van der Waals surface area contributed by atoms with Crippen LogP contribution in [0.15, 0.2) is 47.5 Å². The number of benzene rings is 1. The Balaban J connectivity index is 1.59. The van der Waals surface area contributed by atoms with E-state index in [9.17, 15) is 14.4 Å². The van der Waals surface area contributed by atoms with Crippen molar-refractivity contribution in [3.63, 3.8) is 0 Å². The molecule has 1 N–H and O–H groups in total. The largest absolute Gasteiger partial charge is 0.383 e. The van der Waals surface area contributed by atoms with Crippen molar-refractivity contribution in [1.82, 2.24) is 29.5 Å². The molecule has 0 aromatic heterocycles. The average molecular weight is 481 g/mol. The van der Waals surface area contributed by atoms with Gasteiger partial charge in [0, 0.05) is 58.3 Å². The van der Waals surface area contributed by atoms with Gasteiger partial charge in [-0.15, -0.1) is 0 Å². The van der Waals surface area contributed by atoms with E-state index < -0.39 is 0 Å². The number of aromatic nitrogens is 3. The first kappa shape index (κ1) is 24.6. The van der Waals surface area contributed by atoms with Gasteiger partial charge in [-0.05, 0) is 26.0 Å². The number of carbonyl (C=O) groups is 2. The molecule has 0 spiro atoms. The van der Waals surface area contributed by atoms with E-state index in [2.05, 4.69) is 10.4 Å². The molecular weight excluding hydrogens is 448 g/mol. The summed E-state index contributed by atoms with van der Waals surface area (Å²) in [5.74, 6) is -0.191. The number of para-hydroxylation sites is 1. The zero-order chi connectivity index (χ0) is 24.9. The minimum Gasteiger partial charge on any atom is -0.383 e. The summed E-state index contributed by atoms with van der Waals surface area (Å²) in [5.41, 5.74) is 1.53. The molecule has 0 radical (unpaired) electrons. The Hall–Kier alpha value is -3.50. The molecule has 1 aromatic rings. The Morgan fingerprint density at radius 2 is 1.80 bits per heavy atom. The number of pyridine rings is 1. The molecule has 1 fully saturated rings. The van der Waals surface area contributed by atoms with Crippen LogP contribution in [0, 0.1) is 0 Å². The lowest BCUT2D eigenvalue weighted by Gasteiger charge is -2.34. The van der Waals surface area contributed by atoms with Gasteiger partial charge in [0.1, 0.15) is 5.69 Å². The minimum atomic E-state index is -0.270. The Labute approximate surface area is 204 Å². The average Bonchev–Trinajstić information content (AvgIpc) is 3.18. The predicted molar refractivity (Wildman–Crippen MR) is 132 cm³/mol. The first-order valence-corrected chi connectivity index (χ1v) is 11.9. The number of methoxy groups -OCH3 is 1. The van der Waals surface area contributed by atoms with Crippen molar-refractivity contribution < 1.29 is 14.3 Å². The Morgan fingerprint density at radius 3 is 2.46 bits per heavy atom. The molecule has 2 amide bonds.